The molecular weight excluding hydrogens is 311 g/mol. The Kier molecular flexibility index (Phi) is 3.43. The van der Waals surface area contributed by atoms with Gasteiger partial charge in [-0.15, -0.1) is 13.2 Å². The summed E-state index contributed by atoms with van der Waals surface area (Å²) in [5.41, 5.74) is 1.56. The zero-order valence-electron chi connectivity index (χ0n) is 12.0. The van der Waals surface area contributed by atoms with Crippen LogP contribution in [0, 0.1) is 0 Å². The van der Waals surface area contributed by atoms with Gasteiger partial charge < -0.3 is 14.4 Å². The van der Waals surface area contributed by atoms with Crippen LogP contribution in [0.5, 0.6) is 5.75 Å². The van der Waals surface area contributed by atoms with Gasteiger partial charge in [-0.1, -0.05) is 0 Å². The van der Waals surface area contributed by atoms with Gasteiger partial charge in [0.05, 0.1) is 5.56 Å². The van der Waals surface area contributed by atoms with Crippen LogP contribution < -0.4 is 4.74 Å². The molecule has 0 amide bonds. The maximum atomic E-state index is 12.4. The largest absolute Gasteiger partial charge is 0.573 e. The van der Waals surface area contributed by atoms with E-state index in [0.717, 1.165) is 11.0 Å². The summed E-state index contributed by atoms with van der Waals surface area (Å²) in [6.45, 7) is 2.51. The molecule has 7 heteroatoms. The van der Waals surface area contributed by atoms with Gasteiger partial charge in [0, 0.05) is 28.4 Å². The van der Waals surface area contributed by atoms with Crippen molar-refractivity contribution in [3.8, 4) is 5.75 Å². The van der Waals surface area contributed by atoms with Gasteiger partial charge in [0.2, 0.25) is 0 Å². The second-order valence-corrected chi connectivity index (χ2v) is 5.01. The Balaban J connectivity index is 2.29. The second-order valence-electron chi connectivity index (χ2n) is 5.01. The predicted octanol–water partition coefficient (Wildman–Crippen LogP) is 4.41. The van der Waals surface area contributed by atoms with Gasteiger partial charge in [-0.05, 0) is 43.3 Å². The molecule has 120 valence electrons. The van der Waals surface area contributed by atoms with Crippen LogP contribution in [0.3, 0.4) is 0 Å². The zero-order valence-corrected chi connectivity index (χ0v) is 12.0. The number of aromatic carboxylic acids is 1. The molecule has 2 aromatic carbocycles. The number of aryl methyl sites for hydroxylation is 1. The molecule has 0 aliphatic carbocycles. The molecule has 0 aliphatic heterocycles. The Labute approximate surface area is 128 Å². The third-order valence-corrected chi connectivity index (χ3v) is 3.63. The van der Waals surface area contributed by atoms with E-state index in [1.54, 1.807) is 12.1 Å². The molecule has 4 nitrogen and oxygen atoms in total. The van der Waals surface area contributed by atoms with Crippen LogP contribution in [0.4, 0.5) is 13.2 Å². The van der Waals surface area contributed by atoms with Crippen molar-refractivity contribution in [1.29, 1.82) is 0 Å². The molecule has 1 heterocycles. The Hall–Kier alpha value is -2.70. The van der Waals surface area contributed by atoms with Gasteiger partial charge >= 0.3 is 12.3 Å². The fourth-order valence-electron chi connectivity index (χ4n) is 2.75. The minimum absolute atomic E-state index is 0.0785. The number of fused-ring (bicyclic) bond motifs is 3. The molecular formula is C16H12F3NO3. The lowest BCUT2D eigenvalue weighted by Gasteiger charge is -2.09. The molecule has 1 N–H and O–H groups in total. The van der Waals surface area contributed by atoms with E-state index in [1.165, 1.54) is 24.3 Å². The number of carboxylic acids is 1. The first-order valence-electron chi connectivity index (χ1n) is 6.85. The number of hydrogen-bond acceptors (Lipinski definition) is 2. The van der Waals surface area contributed by atoms with E-state index in [9.17, 15) is 18.0 Å². The monoisotopic (exact) mass is 323 g/mol. The first kappa shape index (κ1) is 15.2. The molecule has 0 aliphatic rings. The SMILES string of the molecule is CCn1c2ccc(OC(F)(F)F)cc2c2cc(C(=O)O)ccc21. The summed E-state index contributed by atoms with van der Waals surface area (Å²) < 4.78 is 43.0. The highest BCUT2D eigenvalue weighted by Gasteiger charge is 2.31. The summed E-state index contributed by atoms with van der Waals surface area (Å²) in [7, 11) is 0. The van der Waals surface area contributed by atoms with E-state index in [4.69, 9.17) is 5.11 Å². The van der Waals surface area contributed by atoms with Crippen molar-refractivity contribution in [2.45, 2.75) is 19.8 Å². The molecule has 0 unspecified atom stereocenters. The van der Waals surface area contributed by atoms with Gasteiger partial charge in [0.1, 0.15) is 5.75 Å². The van der Waals surface area contributed by atoms with E-state index in [2.05, 4.69) is 4.74 Å². The number of alkyl halides is 3. The number of hydrogen-bond donors (Lipinski definition) is 1. The van der Waals surface area contributed by atoms with Crippen molar-refractivity contribution < 1.29 is 27.8 Å². The molecule has 0 fully saturated rings. The molecule has 0 atom stereocenters. The van der Waals surface area contributed by atoms with Gasteiger partial charge in [-0.2, -0.15) is 0 Å². The maximum Gasteiger partial charge on any atom is 0.573 e. The molecule has 0 radical (unpaired) electrons. The van der Waals surface area contributed by atoms with Crippen LogP contribution in [0.15, 0.2) is 36.4 Å². The molecule has 0 bridgehead atoms. The first-order valence-corrected chi connectivity index (χ1v) is 6.85. The van der Waals surface area contributed by atoms with Gasteiger partial charge in [0.25, 0.3) is 0 Å². The number of halogens is 3. The van der Waals surface area contributed by atoms with E-state index in [-0.39, 0.29) is 11.3 Å². The summed E-state index contributed by atoms with van der Waals surface area (Å²) in [5, 5.41) is 10.2. The average Bonchev–Trinajstić information content (AvgIpc) is 2.78. The number of aromatic nitrogens is 1. The van der Waals surface area contributed by atoms with Crippen molar-refractivity contribution in [1.82, 2.24) is 4.57 Å². The lowest BCUT2D eigenvalue weighted by Crippen LogP contribution is -2.16. The van der Waals surface area contributed by atoms with Crippen LogP contribution in [-0.2, 0) is 6.54 Å². The number of carbonyl (C=O) groups is 1. The zero-order chi connectivity index (χ0) is 16.8. The summed E-state index contributed by atoms with van der Waals surface area (Å²) in [6.07, 6.45) is -4.77. The minimum Gasteiger partial charge on any atom is -0.478 e. The molecule has 0 spiro atoms. The highest BCUT2D eigenvalue weighted by atomic mass is 19.4. The standard InChI is InChI=1S/C16H12F3NO3/c1-2-20-13-5-3-9(15(21)22)7-11(13)12-8-10(4-6-14(12)20)23-16(17,18)19/h3-8H,2H2,1H3,(H,21,22). The van der Waals surface area contributed by atoms with Crippen molar-refractivity contribution in [3.63, 3.8) is 0 Å². The highest BCUT2D eigenvalue weighted by Crippen LogP contribution is 2.34. The van der Waals surface area contributed by atoms with Crippen molar-refractivity contribution in [2.75, 3.05) is 0 Å². The van der Waals surface area contributed by atoms with Crippen molar-refractivity contribution in [3.05, 3.63) is 42.0 Å². The van der Waals surface area contributed by atoms with Crippen molar-refractivity contribution in [2.24, 2.45) is 0 Å². The van der Waals surface area contributed by atoms with Crippen LogP contribution in [0.25, 0.3) is 21.8 Å². The molecule has 0 saturated heterocycles. The predicted molar refractivity (Wildman–Crippen MR) is 78.8 cm³/mol. The van der Waals surface area contributed by atoms with Crippen LogP contribution in [0.2, 0.25) is 0 Å². The van der Waals surface area contributed by atoms with E-state index in [1.807, 2.05) is 11.5 Å². The highest BCUT2D eigenvalue weighted by molar-refractivity contribution is 6.10. The smallest absolute Gasteiger partial charge is 0.478 e. The van der Waals surface area contributed by atoms with Gasteiger partial charge in [0.15, 0.2) is 0 Å². The lowest BCUT2D eigenvalue weighted by atomic mass is 10.1. The quantitative estimate of drug-likeness (QED) is 0.776. The average molecular weight is 323 g/mol. The summed E-state index contributed by atoms with van der Waals surface area (Å²) in [4.78, 5) is 11.1. The third kappa shape index (κ3) is 2.69. The Morgan fingerprint density at radius 2 is 1.74 bits per heavy atom. The number of rotatable bonds is 3. The number of ether oxygens (including phenoxy) is 1. The maximum absolute atomic E-state index is 12.4. The van der Waals surface area contributed by atoms with Crippen molar-refractivity contribution >= 4 is 27.8 Å². The molecule has 3 rings (SSSR count). The van der Waals surface area contributed by atoms with E-state index >= 15 is 0 Å². The third-order valence-electron chi connectivity index (χ3n) is 3.63. The Morgan fingerprint density at radius 3 is 2.30 bits per heavy atom. The van der Waals surface area contributed by atoms with Gasteiger partial charge in [-0.3, -0.25) is 0 Å². The summed E-state index contributed by atoms with van der Waals surface area (Å²) in [5.74, 6) is -1.42. The number of nitrogens with zero attached hydrogens (tertiary/aromatic N) is 1. The van der Waals surface area contributed by atoms with Crippen LogP contribution in [0.1, 0.15) is 17.3 Å². The van der Waals surface area contributed by atoms with Gasteiger partial charge in [-0.25, -0.2) is 4.79 Å². The number of carboxylic acid groups (broad SMARTS) is 1. The Morgan fingerprint density at radius 1 is 1.13 bits per heavy atom. The van der Waals surface area contributed by atoms with E-state index in [0.29, 0.717) is 17.3 Å². The fraction of sp³-hybridized carbons (Fsp3) is 0.188. The minimum atomic E-state index is -4.77. The first-order chi connectivity index (χ1) is 10.8. The second kappa shape index (κ2) is 5.19. The molecule has 3 aromatic rings. The normalized spacial score (nSPS) is 12.0. The summed E-state index contributed by atoms with van der Waals surface area (Å²) in [6, 6.07) is 8.67. The van der Waals surface area contributed by atoms with Crippen LogP contribution in [-0.4, -0.2) is 22.0 Å². The van der Waals surface area contributed by atoms with E-state index < -0.39 is 12.3 Å². The summed E-state index contributed by atoms with van der Waals surface area (Å²) >= 11 is 0. The van der Waals surface area contributed by atoms with Crippen LogP contribution >= 0.6 is 0 Å². The molecule has 0 saturated carbocycles. The number of benzene rings is 2. The topological polar surface area (TPSA) is 51.5 Å². The Bertz CT molecular complexity index is 912. The molecule has 1 aromatic heterocycles. The fourth-order valence-corrected chi connectivity index (χ4v) is 2.75. The lowest BCUT2D eigenvalue weighted by molar-refractivity contribution is -0.274. The molecule has 23 heavy (non-hydrogen) atoms.